The van der Waals surface area contributed by atoms with Crippen LogP contribution in [0.4, 0.5) is 5.69 Å². The molecule has 7 heteroatoms. The number of pyridine rings is 1. The number of anilines is 1. The Morgan fingerprint density at radius 3 is 2.44 bits per heavy atom. The number of aromatic nitrogens is 1. The Morgan fingerprint density at radius 1 is 1.00 bits per heavy atom. The number of hydrazone groups is 1. The minimum atomic E-state index is -0.882. The zero-order valence-corrected chi connectivity index (χ0v) is 15.5. The SMILES string of the molecule is Cc1ccc(NC(=O)C(=O)N/N=C\c2cc3ccc(C)cc3nc2Cl)cc1. The number of rotatable bonds is 3. The van der Waals surface area contributed by atoms with Gasteiger partial charge in [0, 0.05) is 16.6 Å². The molecule has 0 aliphatic rings. The number of hydrogen-bond acceptors (Lipinski definition) is 4. The summed E-state index contributed by atoms with van der Waals surface area (Å²) in [7, 11) is 0. The highest BCUT2D eigenvalue weighted by molar-refractivity contribution is 6.39. The predicted molar refractivity (Wildman–Crippen MR) is 107 cm³/mol. The van der Waals surface area contributed by atoms with Crippen molar-refractivity contribution in [3.05, 3.63) is 70.4 Å². The lowest BCUT2D eigenvalue weighted by atomic mass is 10.1. The number of carbonyl (C=O) groups excluding carboxylic acids is 2. The van der Waals surface area contributed by atoms with E-state index in [4.69, 9.17) is 11.6 Å². The van der Waals surface area contributed by atoms with Gasteiger partial charge in [0.05, 0.1) is 11.7 Å². The maximum Gasteiger partial charge on any atom is 0.329 e. The molecule has 27 heavy (non-hydrogen) atoms. The van der Waals surface area contributed by atoms with Crippen molar-refractivity contribution >= 4 is 46.2 Å². The summed E-state index contributed by atoms with van der Waals surface area (Å²) in [5.74, 6) is -1.69. The highest BCUT2D eigenvalue weighted by atomic mass is 35.5. The lowest BCUT2D eigenvalue weighted by Gasteiger charge is -2.05. The minimum absolute atomic E-state index is 0.259. The van der Waals surface area contributed by atoms with Crippen molar-refractivity contribution in [2.24, 2.45) is 5.10 Å². The topological polar surface area (TPSA) is 83.5 Å². The summed E-state index contributed by atoms with van der Waals surface area (Å²) in [4.78, 5) is 28.0. The van der Waals surface area contributed by atoms with Crippen LogP contribution in [-0.2, 0) is 9.59 Å². The van der Waals surface area contributed by atoms with E-state index in [9.17, 15) is 9.59 Å². The first-order valence-corrected chi connectivity index (χ1v) is 8.58. The van der Waals surface area contributed by atoms with Crippen LogP contribution in [0.1, 0.15) is 16.7 Å². The molecule has 0 aliphatic heterocycles. The summed E-state index contributed by atoms with van der Waals surface area (Å²) in [6.07, 6.45) is 1.35. The normalized spacial score (nSPS) is 10.9. The molecule has 2 aromatic carbocycles. The molecule has 1 heterocycles. The zero-order valence-electron chi connectivity index (χ0n) is 14.8. The van der Waals surface area contributed by atoms with E-state index in [0.29, 0.717) is 11.3 Å². The second-order valence-corrected chi connectivity index (χ2v) is 6.44. The van der Waals surface area contributed by atoms with Crippen LogP contribution in [0, 0.1) is 13.8 Å². The molecular weight excluding hydrogens is 364 g/mol. The van der Waals surface area contributed by atoms with E-state index in [-0.39, 0.29) is 5.15 Å². The molecule has 2 N–H and O–H groups in total. The van der Waals surface area contributed by atoms with E-state index in [1.807, 2.05) is 50.2 Å². The molecule has 0 atom stereocenters. The van der Waals surface area contributed by atoms with Gasteiger partial charge in [-0.25, -0.2) is 10.4 Å². The molecule has 0 saturated heterocycles. The molecule has 0 spiro atoms. The van der Waals surface area contributed by atoms with Crippen LogP contribution in [-0.4, -0.2) is 23.0 Å². The number of nitrogens with zero attached hydrogens (tertiary/aromatic N) is 2. The molecular formula is C20H17ClN4O2. The van der Waals surface area contributed by atoms with Crippen LogP contribution >= 0.6 is 11.6 Å². The van der Waals surface area contributed by atoms with Crippen LogP contribution in [0.15, 0.2) is 53.6 Å². The number of hydrogen-bond donors (Lipinski definition) is 2. The third-order valence-electron chi connectivity index (χ3n) is 3.84. The van der Waals surface area contributed by atoms with Gasteiger partial charge in [0.2, 0.25) is 0 Å². The first kappa shape index (κ1) is 18.5. The fourth-order valence-corrected chi connectivity index (χ4v) is 2.59. The fourth-order valence-electron chi connectivity index (χ4n) is 2.40. The minimum Gasteiger partial charge on any atom is -0.318 e. The number of halogens is 1. The number of aryl methyl sites for hydroxylation is 2. The molecule has 3 aromatic rings. The fraction of sp³-hybridized carbons (Fsp3) is 0.100. The quantitative estimate of drug-likeness (QED) is 0.315. The van der Waals surface area contributed by atoms with E-state index in [0.717, 1.165) is 22.0 Å². The van der Waals surface area contributed by atoms with Gasteiger partial charge in [-0.05, 0) is 43.7 Å². The summed E-state index contributed by atoms with van der Waals surface area (Å²) in [6, 6.07) is 14.7. The van der Waals surface area contributed by atoms with E-state index >= 15 is 0 Å². The van der Waals surface area contributed by atoms with Gasteiger partial charge in [-0.2, -0.15) is 5.10 Å². The van der Waals surface area contributed by atoms with Crippen LogP contribution in [0.3, 0.4) is 0 Å². The molecule has 0 unspecified atom stereocenters. The monoisotopic (exact) mass is 380 g/mol. The number of fused-ring (bicyclic) bond motifs is 1. The lowest BCUT2D eigenvalue weighted by Crippen LogP contribution is -2.32. The predicted octanol–water partition coefficient (Wildman–Crippen LogP) is 3.59. The average molecular weight is 381 g/mol. The molecule has 0 radical (unpaired) electrons. The Balaban J connectivity index is 1.65. The van der Waals surface area contributed by atoms with Crippen molar-refractivity contribution < 1.29 is 9.59 Å². The van der Waals surface area contributed by atoms with Crippen LogP contribution < -0.4 is 10.7 Å². The van der Waals surface area contributed by atoms with Crippen molar-refractivity contribution in [3.8, 4) is 0 Å². The lowest BCUT2D eigenvalue weighted by molar-refractivity contribution is -0.136. The van der Waals surface area contributed by atoms with Crippen molar-refractivity contribution in [3.63, 3.8) is 0 Å². The van der Waals surface area contributed by atoms with Crippen LogP contribution in [0.25, 0.3) is 10.9 Å². The van der Waals surface area contributed by atoms with Crippen molar-refractivity contribution in [2.45, 2.75) is 13.8 Å². The molecule has 0 saturated carbocycles. The van der Waals surface area contributed by atoms with Crippen molar-refractivity contribution in [1.29, 1.82) is 0 Å². The molecule has 2 amide bonds. The first-order chi connectivity index (χ1) is 12.9. The first-order valence-electron chi connectivity index (χ1n) is 8.20. The summed E-state index contributed by atoms with van der Waals surface area (Å²) in [6.45, 7) is 3.91. The molecule has 0 bridgehead atoms. The van der Waals surface area contributed by atoms with Crippen molar-refractivity contribution in [1.82, 2.24) is 10.4 Å². The Kier molecular flexibility index (Phi) is 5.47. The van der Waals surface area contributed by atoms with Gasteiger partial charge < -0.3 is 5.32 Å². The highest BCUT2D eigenvalue weighted by Gasteiger charge is 2.12. The van der Waals surface area contributed by atoms with E-state index in [1.54, 1.807) is 12.1 Å². The van der Waals surface area contributed by atoms with Gasteiger partial charge in [-0.1, -0.05) is 41.4 Å². The van der Waals surface area contributed by atoms with Gasteiger partial charge in [-0.15, -0.1) is 0 Å². The third-order valence-corrected chi connectivity index (χ3v) is 4.14. The second kappa shape index (κ2) is 7.97. The molecule has 0 fully saturated rings. The smallest absolute Gasteiger partial charge is 0.318 e. The number of benzene rings is 2. The number of nitrogens with one attached hydrogen (secondary N) is 2. The number of carbonyl (C=O) groups is 2. The molecule has 6 nitrogen and oxygen atoms in total. The maximum atomic E-state index is 11.9. The van der Waals surface area contributed by atoms with E-state index in [2.05, 4.69) is 20.8 Å². The molecule has 136 valence electrons. The Labute approximate surface area is 161 Å². The second-order valence-electron chi connectivity index (χ2n) is 6.08. The van der Waals surface area contributed by atoms with E-state index in [1.165, 1.54) is 6.21 Å². The highest BCUT2D eigenvalue weighted by Crippen LogP contribution is 2.20. The summed E-state index contributed by atoms with van der Waals surface area (Å²) < 4.78 is 0. The summed E-state index contributed by atoms with van der Waals surface area (Å²) in [5, 5.41) is 7.45. The summed E-state index contributed by atoms with van der Waals surface area (Å²) in [5.41, 5.74) is 6.16. The average Bonchev–Trinajstić information content (AvgIpc) is 2.64. The van der Waals surface area contributed by atoms with Crippen LogP contribution in [0.5, 0.6) is 0 Å². The molecule has 3 rings (SSSR count). The van der Waals surface area contributed by atoms with Gasteiger partial charge in [-0.3, -0.25) is 9.59 Å². The Bertz CT molecular complexity index is 1050. The van der Waals surface area contributed by atoms with Gasteiger partial charge in [0.15, 0.2) is 0 Å². The zero-order chi connectivity index (χ0) is 19.4. The molecule has 1 aromatic heterocycles. The van der Waals surface area contributed by atoms with Crippen LogP contribution in [0.2, 0.25) is 5.15 Å². The Hall–Kier alpha value is -3.25. The summed E-state index contributed by atoms with van der Waals surface area (Å²) >= 11 is 6.16. The van der Waals surface area contributed by atoms with Gasteiger partial charge >= 0.3 is 11.8 Å². The van der Waals surface area contributed by atoms with E-state index < -0.39 is 11.8 Å². The van der Waals surface area contributed by atoms with Gasteiger partial charge in [0.1, 0.15) is 5.15 Å². The third kappa shape index (κ3) is 4.68. The number of amides is 2. The molecule has 0 aliphatic carbocycles. The Morgan fingerprint density at radius 2 is 1.70 bits per heavy atom. The standard InChI is InChI=1S/C20H17ClN4O2/c1-12-4-7-16(8-5-12)23-19(26)20(27)25-22-11-15-10-14-6-3-13(2)9-17(14)24-18(15)21/h3-11H,1-2H3,(H,23,26)(H,25,27)/b22-11-. The van der Waals surface area contributed by atoms with Gasteiger partial charge in [0.25, 0.3) is 0 Å². The van der Waals surface area contributed by atoms with Crippen molar-refractivity contribution in [2.75, 3.05) is 5.32 Å². The largest absolute Gasteiger partial charge is 0.329 e. The maximum absolute atomic E-state index is 11.9.